The monoisotopic (exact) mass is 266 g/mol. The van der Waals surface area contributed by atoms with Crippen LogP contribution < -0.4 is 0 Å². The molecule has 0 bridgehead atoms. The molecule has 100 valence electrons. The van der Waals surface area contributed by atoms with Crippen molar-refractivity contribution in [1.82, 2.24) is 0 Å². The van der Waals surface area contributed by atoms with Crippen LogP contribution in [0.1, 0.15) is 20.8 Å². The summed E-state index contributed by atoms with van der Waals surface area (Å²) in [5.41, 5.74) is 0. The van der Waals surface area contributed by atoms with Crippen LogP contribution in [-0.2, 0) is 27.9 Å². The summed E-state index contributed by atoms with van der Waals surface area (Å²) in [5, 5.41) is -0.231. The summed E-state index contributed by atoms with van der Waals surface area (Å²) in [6.07, 6.45) is 1.03. The molecule has 17 heavy (non-hydrogen) atoms. The first kappa shape index (κ1) is 16.2. The van der Waals surface area contributed by atoms with E-state index >= 15 is 0 Å². The molecular weight excluding hydrogens is 247 g/mol. The van der Waals surface area contributed by atoms with E-state index in [-0.39, 0.29) is 25.1 Å². The minimum atomic E-state index is -3.67. The van der Waals surface area contributed by atoms with E-state index in [4.69, 9.17) is 18.5 Å². The van der Waals surface area contributed by atoms with Gasteiger partial charge < -0.3 is 18.5 Å². The number of rotatable bonds is 8. The Morgan fingerprint density at radius 3 is 2.00 bits per heavy atom. The van der Waals surface area contributed by atoms with Gasteiger partial charge in [0.2, 0.25) is 0 Å². The van der Waals surface area contributed by atoms with Crippen molar-refractivity contribution >= 4 is 13.6 Å². The minimum absolute atomic E-state index is 0.151. The van der Waals surface area contributed by atoms with E-state index < -0.39 is 13.6 Å². The zero-order valence-corrected chi connectivity index (χ0v) is 11.5. The van der Waals surface area contributed by atoms with Crippen molar-refractivity contribution in [3.05, 3.63) is 11.6 Å². The Kier molecular flexibility index (Phi) is 7.87. The van der Waals surface area contributed by atoms with Crippen molar-refractivity contribution in [2.75, 3.05) is 26.9 Å². The molecular formula is C10H19O6P. The van der Waals surface area contributed by atoms with Gasteiger partial charge in [-0.05, 0) is 20.8 Å². The number of ether oxygens (including phenoxy) is 2. The third kappa shape index (κ3) is 4.89. The Bertz CT molecular complexity index is 302. The quantitative estimate of drug-likeness (QED) is 0.290. The van der Waals surface area contributed by atoms with Crippen LogP contribution in [-0.4, -0.2) is 32.9 Å². The second-order valence-corrected chi connectivity index (χ2v) is 4.79. The van der Waals surface area contributed by atoms with Gasteiger partial charge >= 0.3 is 13.6 Å². The topological polar surface area (TPSA) is 71.1 Å². The maximum absolute atomic E-state index is 12.3. The van der Waals surface area contributed by atoms with E-state index in [1.807, 2.05) is 0 Å². The normalized spacial score (nSPS) is 12.4. The smallest absolute Gasteiger partial charge is 0.371 e. The van der Waals surface area contributed by atoms with E-state index in [1.165, 1.54) is 7.11 Å². The maximum atomic E-state index is 12.3. The van der Waals surface area contributed by atoms with Crippen LogP contribution >= 0.6 is 7.60 Å². The van der Waals surface area contributed by atoms with Gasteiger partial charge in [0.15, 0.2) is 5.31 Å². The molecule has 0 fully saturated rings. The van der Waals surface area contributed by atoms with Gasteiger partial charge in [-0.25, -0.2) is 4.79 Å². The highest BCUT2D eigenvalue weighted by Gasteiger charge is 2.36. The third-order valence-electron chi connectivity index (χ3n) is 1.61. The molecule has 0 aliphatic heterocycles. The van der Waals surface area contributed by atoms with Gasteiger partial charge in [0.1, 0.15) is 6.26 Å². The third-order valence-corrected chi connectivity index (χ3v) is 3.68. The average molecular weight is 266 g/mol. The second kappa shape index (κ2) is 8.28. The van der Waals surface area contributed by atoms with Crippen molar-refractivity contribution in [3.8, 4) is 0 Å². The van der Waals surface area contributed by atoms with Gasteiger partial charge in [-0.1, -0.05) is 0 Å². The van der Waals surface area contributed by atoms with Crippen LogP contribution in [0.3, 0.4) is 0 Å². The highest BCUT2D eigenvalue weighted by Crippen LogP contribution is 2.56. The van der Waals surface area contributed by atoms with E-state index in [0.29, 0.717) is 0 Å². The summed E-state index contributed by atoms with van der Waals surface area (Å²) in [7, 11) is -2.34. The van der Waals surface area contributed by atoms with Gasteiger partial charge in [-0.3, -0.25) is 4.57 Å². The molecule has 0 spiro atoms. The van der Waals surface area contributed by atoms with Crippen LogP contribution in [0.25, 0.3) is 0 Å². The fraction of sp³-hybridized carbons (Fsp3) is 0.700. The zero-order valence-electron chi connectivity index (χ0n) is 10.6. The van der Waals surface area contributed by atoms with Crippen molar-refractivity contribution < 1.29 is 27.9 Å². The van der Waals surface area contributed by atoms with Gasteiger partial charge in [-0.2, -0.15) is 0 Å². The SMILES string of the molecule is CCOC(=O)/C(=C/OC)P(=O)(OCC)OCC. The molecule has 0 heterocycles. The molecule has 0 aromatic rings. The molecule has 0 saturated heterocycles. The van der Waals surface area contributed by atoms with Crippen molar-refractivity contribution in [3.63, 3.8) is 0 Å². The summed E-state index contributed by atoms with van der Waals surface area (Å²) in [6, 6.07) is 0. The highest BCUT2D eigenvalue weighted by atomic mass is 31.2. The molecule has 7 heteroatoms. The van der Waals surface area contributed by atoms with Gasteiger partial charge in [0, 0.05) is 0 Å². The highest BCUT2D eigenvalue weighted by molar-refractivity contribution is 7.59. The molecule has 0 atom stereocenters. The number of methoxy groups -OCH3 is 1. The molecule has 0 N–H and O–H groups in total. The maximum Gasteiger partial charge on any atom is 0.371 e. The molecule has 6 nitrogen and oxygen atoms in total. The first-order valence-corrected chi connectivity index (χ1v) is 6.89. The van der Waals surface area contributed by atoms with Crippen LogP contribution in [0.15, 0.2) is 11.6 Å². The molecule has 0 aliphatic carbocycles. The van der Waals surface area contributed by atoms with E-state index in [9.17, 15) is 9.36 Å². The Morgan fingerprint density at radius 1 is 1.12 bits per heavy atom. The number of carbonyl (C=O) groups excluding carboxylic acids is 1. The zero-order chi connectivity index (χ0) is 13.3. The summed E-state index contributed by atoms with van der Waals surface area (Å²) in [5.74, 6) is -0.764. The Labute approximate surface area is 101 Å². The summed E-state index contributed by atoms with van der Waals surface area (Å²) < 4.78 is 31.9. The molecule has 0 unspecified atom stereocenters. The fourth-order valence-corrected chi connectivity index (χ4v) is 2.61. The number of hydrogen-bond acceptors (Lipinski definition) is 6. The minimum Gasteiger partial charge on any atom is -0.503 e. The van der Waals surface area contributed by atoms with E-state index in [0.717, 1.165) is 6.26 Å². The van der Waals surface area contributed by atoms with Crippen LogP contribution in [0, 0.1) is 0 Å². The van der Waals surface area contributed by atoms with Gasteiger partial charge in [0.25, 0.3) is 0 Å². The van der Waals surface area contributed by atoms with Crippen LogP contribution in [0.4, 0.5) is 0 Å². The van der Waals surface area contributed by atoms with Gasteiger partial charge in [-0.15, -0.1) is 0 Å². The molecule has 0 aromatic carbocycles. The molecule has 0 saturated carbocycles. The second-order valence-electron chi connectivity index (χ2n) is 2.79. The first-order valence-electron chi connectivity index (χ1n) is 5.35. The number of carbonyl (C=O) groups is 1. The van der Waals surface area contributed by atoms with E-state index in [1.54, 1.807) is 20.8 Å². The number of hydrogen-bond donors (Lipinski definition) is 0. The van der Waals surface area contributed by atoms with Gasteiger partial charge in [0.05, 0.1) is 26.9 Å². The van der Waals surface area contributed by atoms with E-state index in [2.05, 4.69) is 0 Å². The fourth-order valence-electron chi connectivity index (χ4n) is 1.06. The molecule has 0 rings (SSSR count). The lowest BCUT2D eigenvalue weighted by Crippen LogP contribution is -2.12. The Morgan fingerprint density at radius 2 is 1.65 bits per heavy atom. The average Bonchev–Trinajstić information content (AvgIpc) is 2.26. The first-order chi connectivity index (χ1) is 8.05. The Hall–Kier alpha value is -0.840. The largest absolute Gasteiger partial charge is 0.503 e. The summed E-state index contributed by atoms with van der Waals surface area (Å²) in [4.78, 5) is 11.6. The van der Waals surface area contributed by atoms with Crippen molar-refractivity contribution in [2.45, 2.75) is 20.8 Å². The van der Waals surface area contributed by atoms with Crippen LogP contribution in [0.5, 0.6) is 0 Å². The summed E-state index contributed by atoms with van der Waals surface area (Å²) >= 11 is 0. The molecule has 0 amide bonds. The lowest BCUT2D eigenvalue weighted by atomic mass is 10.6. The molecule has 0 radical (unpaired) electrons. The molecule has 0 aromatic heterocycles. The van der Waals surface area contributed by atoms with Crippen LogP contribution in [0.2, 0.25) is 0 Å². The van der Waals surface area contributed by atoms with Crippen molar-refractivity contribution in [1.29, 1.82) is 0 Å². The number of esters is 1. The molecule has 0 aliphatic rings. The lowest BCUT2D eigenvalue weighted by Gasteiger charge is -2.18. The summed E-state index contributed by atoms with van der Waals surface area (Å²) in [6.45, 7) is 5.42. The Balaban J connectivity index is 5.17. The standard InChI is InChI=1S/C10H19O6P/c1-5-14-10(11)9(8-13-4)17(12,15-6-2)16-7-3/h8H,5-7H2,1-4H3/b9-8-. The predicted molar refractivity (Wildman–Crippen MR) is 62.6 cm³/mol. The lowest BCUT2D eigenvalue weighted by molar-refractivity contribution is -0.138. The predicted octanol–water partition coefficient (Wildman–Crippen LogP) is 2.30. The van der Waals surface area contributed by atoms with Crippen molar-refractivity contribution in [2.24, 2.45) is 0 Å².